The Balaban J connectivity index is 0.839. The van der Waals surface area contributed by atoms with E-state index in [9.17, 15) is 15.0 Å². The molecule has 2 N–H and O–H groups in total. The summed E-state index contributed by atoms with van der Waals surface area (Å²) in [5.41, 5.74) is 9.59. The van der Waals surface area contributed by atoms with E-state index in [1.54, 1.807) is 12.1 Å². The van der Waals surface area contributed by atoms with Crippen molar-refractivity contribution in [2.24, 2.45) is 17.8 Å². The van der Waals surface area contributed by atoms with Gasteiger partial charge < -0.3 is 14.9 Å². The number of rotatable bonds is 6. The predicted octanol–water partition coefficient (Wildman–Crippen LogP) is 12.9. The average molecular weight is 741 g/mol. The van der Waals surface area contributed by atoms with E-state index in [2.05, 4.69) is 94.4 Å². The largest absolute Gasteiger partial charge is 0.508 e. The van der Waals surface area contributed by atoms with Crippen LogP contribution in [0.15, 0.2) is 103 Å². The smallest absolute Gasteiger partial charge is 0.342 e. The number of phenolic OH excluding ortho intramolecular Hbond substituents is 2. The van der Waals surface area contributed by atoms with Crippen molar-refractivity contribution >= 4 is 27.5 Å². The zero-order valence-corrected chi connectivity index (χ0v) is 33.1. The molecule has 0 saturated heterocycles. The summed E-state index contributed by atoms with van der Waals surface area (Å²) in [7, 11) is 0. The topological polar surface area (TPSA) is 66.8 Å². The Kier molecular flexibility index (Phi) is 8.02. The molecule has 0 radical (unpaired) electrons. The molecule has 0 heterocycles. The molecule has 4 heteroatoms. The van der Waals surface area contributed by atoms with Gasteiger partial charge in [0.25, 0.3) is 0 Å². The third-order valence-electron chi connectivity index (χ3n) is 14.6. The molecule has 4 saturated carbocycles. The Morgan fingerprint density at radius 2 is 1.05 bits per heavy atom. The van der Waals surface area contributed by atoms with Crippen molar-refractivity contribution in [2.75, 3.05) is 0 Å². The minimum Gasteiger partial charge on any atom is -0.508 e. The Hall–Kier alpha value is -5.09. The van der Waals surface area contributed by atoms with Gasteiger partial charge in [-0.25, -0.2) is 4.79 Å². The maximum atomic E-state index is 13.2. The van der Waals surface area contributed by atoms with Gasteiger partial charge in [-0.1, -0.05) is 88.4 Å². The fourth-order valence-electron chi connectivity index (χ4n) is 11.7. The molecule has 56 heavy (non-hydrogen) atoms. The van der Waals surface area contributed by atoms with Gasteiger partial charge in [-0.3, -0.25) is 0 Å². The molecule has 4 bridgehead atoms. The molecule has 5 aliphatic rings. The predicted molar refractivity (Wildman–Crippen MR) is 226 cm³/mol. The molecule has 0 unspecified atom stereocenters. The van der Waals surface area contributed by atoms with Gasteiger partial charge in [0, 0.05) is 5.56 Å². The second-order valence-electron chi connectivity index (χ2n) is 19.4. The summed E-state index contributed by atoms with van der Waals surface area (Å²) in [4.78, 5) is 13.2. The van der Waals surface area contributed by atoms with E-state index < -0.39 is 5.97 Å². The lowest BCUT2D eigenvalue weighted by atomic mass is 9.48. The van der Waals surface area contributed by atoms with Crippen molar-refractivity contribution in [1.82, 2.24) is 0 Å². The molecule has 4 nitrogen and oxygen atoms in total. The van der Waals surface area contributed by atoms with Crippen LogP contribution in [-0.2, 0) is 27.6 Å². The van der Waals surface area contributed by atoms with Crippen LogP contribution >= 0.6 is 0 Å². The van der Waals surface area contributed by atoms with Crippen molar-refractivity contribution in [2.45, 2.75) is 102 Å². The summed E-state index contributed by atoms with van der Waals surface area (Å²) in [6, 6.07) is 35.2. The number of hydrogen-bond acceptors (Lipinski definition) is 4. The zero-order valence-electron chi connectivity index (χ0n) is 33.1. The third-order valence-corrected chi connectivity index (χ3v) is 14.6. The molecular weight excluding hydrogens is 689 g/mol. The molecule has 0 spiro atoms. The van der Waals surface area contributed by atoms with Gasteiger partial charge in [0.1, 0.15) is 23.7 Å². The molecule has 6 aromatic carbocycles. The van der Waals surface area contributed by atoms with E-state index in [0.717, 1.165) is 68.3 Å². The second-order valence-corrected chi connectivity index (χ2v) is 19.4. The molecule has 0 aromatic heterocycles. The minimum absolute atomic E-state index is 0.0902. The second kappa shape index (κ2) is 12.7. The van der Waals surface area contributed by atoms with Gasteiger partial charge in [0.05, 0.1) is 0 Å². The highest BCUT2D eigenvalue weighted by Crippen LogP contribution is 2.62. The Labute approximate surface area is 330 Å². The van der Waals surface area contributed by atoms with Crippen molar-refractivity contribution in [3.8, 4) is 33.8 Å². The number of aromatic hydroxyl groups is 2. The fourth-order valence-corrected chi connectivity index (χ4v) is 11.7. The number of phenols is 2. The number of carbonyl (C=O) groups is 1. The van der Waals surface area contributed by atoms with E-state index in [1.165, 1.54) is 66.8 Å². The Bertz CT molecular complexity index is 2540. The van der Waals surface area contributed by atoms with Crippen LogP contribution < -0.4 is 0 Å². The van der Waals surface area contributed by atoms with Crippen LogP contribution in [0.1, 0.15) is 112 Å². The van der Waals surface area contributed by atoms with Crippen LogP contribution in [0.4, 0.5) is 0 Å². The first-order valence-electron chi connectivity index (χ1n) is 20.8. The maximum Gasteiger partial charge on any atom is 0.342 e. The Morgan fingerprint density at radius 3 is 1.70 bits per heavy atom. The zero-order chi connectivity index (χ0) is 38.6. The number of fused-ring (bicyclic) bond motifs is 3. The van der Waals surface area contributed by atoms with Gasteiger partial charge in [-0.05, 0) is 188 Å². The van der Waals surface area contributed by atoms with Gasteiger partial charge in [0.15, 0.2) is 0 Å². The summed E-state index contributed by atoms with van der Waals surface area (Å²) in [5.74, 6) is 2.26. The molecule has 4 fully saturated rings. The van der Waals surface area contributed by atoms with Crippen LogP contribution in [0.2, 0.25) is 0 Å². The van der Waals surface area contributed by atoms with E-state index in [1.807, 2.05) is 24.3 Å². The highest BCUT2D eigenvalue weighted by Gasteiger charge is 2.52. The summed E-state index contributed by atoms with van der Waals surface area (Å²) in [6.07, 6.45) is 10.1. The molecule has 6 aromatic rings. The van der Waals surface area contributed by atoms with Crippen LogP contribution in [0.5, 0.6) is 11.5 Å². The highest BCUT2D eigenvalue weighted by molar-refractivity contribution is 5.94. The van der Waals surface area contributed by atoms with E-state index in [4.69, 9.17) is 4.74 Å². The third kappa shape index (κ3) is 5.99. The van der Waals surface area contributed by atoms with Crippen LogP contribution in [0.25, 0.3) is 43.8 Å². The van der Waals surface area contributed by atoms with Crippen LogP contribution in [-0.4, -0.2) is 16.2 Å². The number of hydrogen-bond donors (Lipinski definition) is 2. The average Bonchev–Trinajstić information content (AvgIpc) is 3.17. The number of benzene rings is 6. The van der Waals surface area contributed by atoms with Crippen LogP contribution in [0, 0.1) is 17.8 Å². The fraction of sp³-hybridized carbons (Fsp3) is 0.365. The summed E-state index contributed by atoms with van der Waals surface area (Å²) < 4.78 is 5.73. The van der Waals surface area contributed by atoms with Crippen molar-refractivity contribution in [3.05, 3.63) is 131 Å². The highest BCUT2D eigenvalue weighted by atomic mass is 16.5. The van der Waals surface area contributed by atoms with Crippen molar-refractivity contribution in [1.29, 1.82) is 0 Å². The van der Waals surface area contributed by atoms with Gasteiger partial charge in [-0.2, -0.15) is 0 Å². The van der Waals surface area contributed by atoms with Crippen molar-refractivity contribution in [3.63, 3.8) is 0 Å². The molecule has 284 valence electrons. The quantitative estimate of drug-likeness (QED) is 0.167. The lowest BCUT2D eigenvalue weighted by molar-refractivity contribution is -0.00611. The molecule has 11 rings (SSSR count). The SMILES string of the molecule is CC1(C)CCC(C)(C)c2cc3cc(-c4ccc(C(=O)OCc5ccc6cc(-c7ccc(O)c(C89CC%10CC(CC(C%10)C8)C9)c7)ccc6c5)c(O)c4)ccc3cc21. The molecule has 0 atom stereocenters. The monoisotopic (exact) mass is 740 g/mol. The first-order valence-corrected chi connectivity index (χ1v) is 20.8. The first kappa shape index (κ1) is 35.3. The van der Waals surface area contributed by atoms with Crippen molar-refractivity contribution < 1.29 is 19.7 Å². The normalized spacial score (nSPS) is 24.3. The number of ether oxygens (including phenoxy) is 1. The van der Waals surface area contributed by atoms with Gasteiger partial charge in [-0.15, -0.1) is 0 Å². The van der Waals surface area contributed by atoms with E-state index in [0.29, 0.717) is 5.75 Å². The summed E-state index contributed by atoms with van der Waals surface area (Å²) in [5, 5.41) is 26.7. The molecule has 5 aliphatic carbocycles. The lowest BCUT2D eigenvalue weighted by Gasteiger charge is -2.57. The maximum absolute atomic E-state index is 13.2. The molecule has 0 aliphatic heterocycles. The first-order chi connectivity index (χ1) is 26.8. The minimum atomic E-state index is -0.554. The number of esters is 1. The van der Waals surface area contributed by atoms with Crippen LogP contribution in [0.3, 0.4) is 0 Å². The van der Waals surface area contributed by atoms with E-state index in [-0.39, 0.29) is 34.2 Å². The summed E-state index contributed by atoms with van der Waals surface area (Å²) >= 11 is 0. The number of carbonyl (C=O) groups excluding carboxylic acids is 1. The lowest BCUT2D eigenvalue weighted by Crippen LogP contribution is -2.48. The molecule has 0 amide bonds. The van der Waals surface area contributed by atoms with Gasteiger partial charge >= 0.3 is 5.97 Å². The van der Waals surface area contributed by atoms with E-state index >= 15 is 0 Å². The molecular formula is C52H52O4. The Morgan fingerprint density at radius 1 is 0.554 bits per heavy atom. The standard InChI is InChI=1S/C52H52O4/c1-50(2)15-16-51(3,4)45-25-42-22-38(9-10-40(42)23-44(45)50)41-11-13-43(48(54)26-41)49(55)56-30-31-5-6-36-21-37(8-7-35(36)20-31)39-12-14-47(53)46(24-39)52-27-32-17-33(28-52)19-34(18-32)29-52/h5-14,20-26,32-34,53-54H,15-19,27-30H2,1-4H3. The summed E-state index contributed by atoms with van der Waals surface area (Å²) in [6.45, 7) is 9.49. The van der Waals surface area contributed by atoms with Gasteiger partial charge in [0.2, 0.25) is 0 Å².